The van der Waals surface area contributed by atoms with E-state index in [1.807, 2.05) is 24.3 Å². The number of esters is 1. The van der Waals surface area contributed by atoms with E-state index in [0.29, 0.717) is 18.7 Å². The maximum Gasteiger partial charge on any atom is 0.338 e. The summed E-state index contributed by atoms with van der Waals surface area (Å²) < 4.78 is 4.85. The lowest BCUT2D eigenvalue weighted by Crippen LogP contribution is -2.06. The summed E-state index contributed by atoms with van der Waals surface area (Å²) in [5.74, 6) is -0.377. The molecule has 1 rings (SSSR count). The molecule has 15 heavy (non-hydrogen) atoms. The summed E-state index contributed by atoms with van der Waals surface area (Å²) in [5.41, 5.74) is 7.64. The maximum atomic E-state index is 11.4. The lowest BCUT2D eigenvalue weighted by Gasteiger charge is -2.05. The smallest absolute Gasteiger partial charge is 0.338 e. The number of ether oxygens (including phenoxy) is 1. The van der Waals surface area contributed by atoms with Gasteiger partial charge in [-0.05, 0) is 18.1 Å². The zero-order valence-corrected chi connectivity index (χ0v) is 8.82. The fourth-order valence-electron chi connectivity index (χ4n) is 1.18. The molecule has 0 aliphatic heterocycles. The molecular formula is C12H15NO2. The normalized spacial score (nSPS) is 9.73. The topological polar surface area (TPSA) is 52.3 Å². The Balaban J connectivity index is 2.78. The van der Waals surface area contributed by atoms with Crippen molar-refractivity contribution in [3.05, 3.63) is 42.0 Å². The van der Waals surface area contributed by atoms with Crippen LogP contribution in [-0.4, -0.2) is 12.6 Å². The van der Waals surface area contributed by atoms with Crippen molar-refractivity contribution >= 4 is 11.5 Å². The van der Waals surface area contributed by atoms with Crippen LogP contribution >= 0.6 is 0 Å². The summed E-state index contributed by atoms with van der Waals surface area (Å²) >= 11 is 0. The third-order valence-corrected chi connectivity index (χ3v) is 2.06. The zero-order valence-electron chi connectivity index (χ0n) is 8.82. The number of rotatable bonds is 4. The van der Waals surface area contributed by atoms with E-state index in [1.165, 1.54) is 0 Å². The number of hydrogen-bond donors (Lipinski definition) is 1. The summed E-state index contributed by atoms with van der Waals surface area (Å²) in [6.07, 6.45) is 0. The SMILES string of the molecule is C=C(C(=O)OCC)c1ccc(CN)cc1. The first kappa shape index (κ1) is 11.5. The van der Waals surface area contributed by atoms with Crippen molar-refractivity contribution in [2.45, 2.75) is 13.5 Å². The van der Waals surface area contributed by atoms with E-state index in [2.05, 4.69) is 6.58 Å². The number of benzene rings is 1. The van der Waals surface area contributed by atoms with Crippen LogP contribution in [0.25, 0.3) is 5.57 Å². The van der Waals surface area contributed by atoms with E-state index in [1.54, 1.807) is 6.92 Å². The van der Waals surface area contributed by atoms with Crippen molar-refractivity contribution < 1.29 is 9.53 Å². The number of nitrogens with two attached hydrogens (primary N) is 1. The van der Waals surface area contributed by atoms with Crippen LogP contribution in [0, 0.1) is 0 Å². The van der Waals surface area contributed by atoms with Crippen LogP contribution in [0.5, 0.6) is 0 Å². The molecule has 0 bridgehead atoms. The van der Waals surface area contributed by atoms with E-state index in [0.717, 1.165) is 11.1 Å². The Morgan fingerprint density at radius 3 is 2.47 bits per heavy atom. The molecule has 0 aliphatic rings. The molecule has 3 heteroatoms. The molecule has 0 aliphatic carbocycles. The highest BCUT2D eigenvalue weighted by molar-refractivity contribution is 6.15. The fraction of sp³-hybridized carbons (Fsp3) is 0.250. The van der Waals surface area contributed by atoms with Gasteiger partial charge in [0.1, 0.15) is 0 Å². The van der Waals surface area contributed by atoms with Gasteiger partial charge >= 0.3 is 5.97 Å². The van der Waals surface area contributed by atoms with Gasteiger partial charge in [0.25, 0.3) is 0 Å². The maximum absolute atomic E-state index is 11.4. The first-order valence-electron chi connectivity index (χ1n) is 4.84. The van der Waals surface area contributed by atoms with Crippen molar-refractivity contribution in [2.75, 3.05) is 6.61 Å². The van der Waals surface area contributed by atoms with Gasteiger partial charge in [0, 0.05) is 6.54 Å². The minimum atomic E-state index is -0.377. The second kappa shape index (κ2) is 5.32. The average molecular weight is 205 g/mol. The molecule has 0 radical (unpaired) electrons. The first-order valence-corrected chi connectivity index (χ1v) is 4.84. The lowest BCUT2D eigenvalue weighted by atomic mass is 10.1. The molecule has 0 heterocycles. The molecule has 0 saturated heterocycles. The highest BCUT2D eigenvalue weighted by Crippen LogP contribution is 2.14. The van der Waals surface area contributed by atoms with Crippen LogP contribution in [0.4, 0.5) is 0 Å². The Bertz CT molecular complexity index is 354. The van der Waals surface area contributed by atoms with Crippen molar-refractivity contribution in [2.24, 2.45) is 5.73 Å². The Morgan fingerprint density at radius 1 is 1.40 bits per heavy atom. The van der Waals surface area contributed by atoms with Crippen LogP contribution in [0.3, 0.4) is 0 Å². The van der Waals surface area contributed by atoms with E-state index < -0.39 is 0 Å². The summed E-state index contributed by atoms with van der Waals surface area (Å²) in [6, 6.07) is 7.39. The fourth-order valence-corrected chi connectivity index (χ4v) is 1.18. The van der Waals surface area contributed by atoms with Gasteiger partial charge in [-0.15, -0.1) is 0 Å². The Morgan fingerprint density at radius 2 is 2.00 bits per heavy atom. The van der Waals surface area contributed by atoms with Crippen LogP contribution in [-0.2, 0) is 16.1 Å². The molecule has 0 aromatic heterocycles. The second-order valence-electron chi connectivity index (χ2n) is 3.10. The van der Waals surface area contributed by atoms with Crippen LogP contribution in [0.1, 0.15) is 18.1 Å². The van der Waals surface area contributed by atoms with Gasteiger partial charge in [-0.25, -0.2) is 4.79 Å². The summed E-state index contributed by atoms with van der Waals surface area (Å²) in [4.78, 5) is 11.4. The molecule has 1 aromatic carbocycles. The van der Waals surface area contributed by atoms with E-state index >= 15 is 0 Å². The summed E-state index contributed by atoms with van der Waals surface area (Å²) in [7, 11) is 0. The molecule has 80 valence electrons. The average Bonchev–Trinajstić information content (AvgIpc) is 2.28. The van der Waals surface area contributed by atoms with Crippen LogP contribution < -0.4 is 5.73 Å². The van der Waals surface area contributed by atoms with Crippen LogP contribution in [0.2, 0.25) is 0 Å². The lowest BCUT2D eigenvalue weighted by molar-refractivity contribution is -0.136. The van der Waals surface area contributed by atoms with E-state index in [9.17, 15) is 4.79 Å². The minimum absolute atomic E-state index is 0.360. The van der Waals surface area contributed by atoms with Gasteiger partial charge in [0.05, 0.1) is 12.2 Å². The third-order valence-electron chi connectivity index (χ3n) is 2.06. The van der Waals surface area contributed by atoms with Gasteiger partial charge in [-0.3, -0.25) is 0 Å². The van der Waals surface area contributed by atoms with Crippen molar-refractivity contribution in [1.82, 2.24) is 0 Å². The van der Waals surface area contributed by atoms with Gasteiger partial charge < -0.3 is 10.5 Å². The predicted molar refractivity (Wildman–Crippen MR) is 60.0 cm³/mol. The third kappa shape index (κ3) is 2.92. The molecular weight excluding hydrogens is 190 g/mol. The molecule has 0 amide bonds. The van der Waals surface area contributed by atoms with Crippen molar-refractivity contribution in [3.8, 4) is 0 Å². The molecule has 1 aromatic rings. The molecule has 0 fully saturated rings. The number of hydrogen-bond acceptors (Lipinski definition) is 3. The highest BCUT2D eigenvalue weighted by Gasteiger charge is 2.09. The van der Waals surface area contributed by atoms with Gasteiger partial charge in [0.15, 0.2) is 0 Å². The first-order chi connectivity index (χ1) is 7.19. The van der Waals surface area contributed by atoms with E-state index in [4.69, 9.17) is 10.5 Å². The molecule has 2 N–H and O–H groups in total. The van der Waals surface area contributed by atoms with Gasteiger partial charge in [-0.1, -0.05) is 30.8 Å². The summed E-state index contributed by atoms with van der Waals surface area (Å²) in [6.45, 7) is 6.31. The monoisotopic (exact) mass is 205 g/mol. The van der Waals surface area contributed by atoms with Crippen molar-refractivity contribution in [3.63, 3.8) is 0 Å². The molecule has 0 unspecified atom stereocenters. The molecule has 0 spiro atoms. The second-order valence-corrected chi connectivity index (χ2v) is 3.10. The standard InChI is InChI=1S/C12H15NO2/c1-3-15-12(14)9(2)11-6-4-10(8-13)5-7-11/h4-7H,2-3,8,13H2,1H3. The quantitative estimate of drug-likeness (QED) is 0.601. The Labute approximate surface area is 89.5 Å². The largest absolute Gasteiger partial charge is 0.462 e. The summed E-state index contributed by atoms with van der Waals surface area (Å²) in [5, 5.41) is 0. The van der Waals surface area contributed by atoms with Gasteiger partial charge in [-0.2, -0.15) is 0 Å². The molecule has 0 atom stereocenters. The molecule has 3 nitrogen and oxygen atoms in total. The van der Waals surface area contributed by atoms with Crippen LogP contribution in [0.15, 0.2) is 30.8 Å². The Kier molecular flexibility index (Phi) is 4.06. The zero-order chi connectivity index (χ0) is 11.3. The predicted octanol–water partition coefficient (Wildman–Crippen LogP) is 1.72. The van der Waals surface area contributed by atoms with Crippen molar-refractivity contribution in [1.29, 1.82) is 0 Å². The minimum Gasteiger partial charge on any atom is -0.462 e. The van der Waals surface area contributed by atoms with E-state index in [-0.39, 0.29) is 5.97 Å². The number of carbonyl (C=O) groups is 1. The number of carbonyl (C=O) groups excluding carboxylic acids is 1. The highest BCUT2D eigenvalue weighted by atomic mass is 16.5. The Hall–Kier alpha value is -1.61. The van der Waals surface area contributed by atoms with Gasteiger partial charge in [0.2, 0.25) is 0 Å². The molecule has 0 saturated carbocycles.